The largest absolute Gasteiger partial charge is 0.460 e. The Morgan fingerprint density at radius 1 is 0.857 bits per heavy atom. The Kier molecular flexibility index (Phi) is 17.7. The summed E-state index contributed by atoms with van der Waals surface area (Å²) >= 11 is 0. The molecule has 4 rings (SSSR count). The lowest BCUT2D eigenvalue weighted by atomic mass is 10.1. The molecule has 10 nitrogen and oxygen atoms in total. The van der Waals surface area contributed by atoms with Crippen LogP contribution >= 0.6 is 0 Å². The quantitative estimate of drug-likeness (QED) is 0.0696. The summed E-state index contributed by atoms with van der Waals surface area (Å²) in [6.07, 6.45) is 12.3. The Morgan fingerprint density at radius 3 is 2.27 bits per heavy atom. The standard InChI is InChI=1S/C39H53N3O7/c1-45-29-30-46-31-32-47-38(44)22-19-34-14-11-33(12-15-34)13-16-35-17-20-36(21-18-35)41-24-26-42(27-25-41)37(43)9-5-3-2-4-7-23-40-49-39-10-6-8-28-48-39/h11-12,14-15,17-22,39-40H,2-10,23-32H2,1H3/b22-19+. The van der Waals surface area contributed by atoms with Crippen LogP contribution in [0.2, 0.25) is 0 Å². The van der Waals surface area contributed by atoms with Crippen molar-refractivity contribution >= 4 is 23.6 Å². The van der Waals surface area contributed by atoms with Gasteiger partial charge in [-0.2, -0.15) is 5.48 Å². The van der Waals surface area contributed by atoms with Crippen molar-refractivity contribution in [3.8, 4) is 11.8 Å². The number of hydrogen-bond donors (Lipinski definition) is 1. The fourth-order valence-corrected chi connectivity index (χ4v) is 5.57. The fraction of sp³-hybridized carbons (Fsp3) is 0.538. The van der Waals surface area contributed by atoms with E-state index in [9.17, 15) is 9.59 Å². The van der Waals surface area contributed by atoms with E-state index in [1.807, 2.05) is 41.3 Å². The molecule has 0 aliphatic carbocycles. The molecule has 2 aliphatic heterocycles. The number of unbranched alkanes of at least 4 members (excludes halogenated alkanes) is 4. The molecule has 1 unspecified atom stereocenters. The van der Waals surface area contributed by atoms with E-state index in [1.54, 1.807) is 13.2 Å². The maximum Gasteiger partial charge on any atom is 0.330 e. The first kappa shape index (κ1) is 38.1. The van der Waals surface area contributed by atoms with Crippen molar-refractivity contribution < 1.29 is 33.4 Å². The number of nitrogens with one attached hydrogen (secondary N) is 1. The lowest BCUT2D eigenvalue weighted by molar-refractivity contribution is -0.196. The number of hydrogen-bond acceptors (Lipinski definition) is 9. The van der Waals surface area contributed by atoms with Gasteiger partial charge in [0.2, 0.25) is 5.91 Å². The summed E-state index contributed by atoms with van der Waals surface area (Å²) in [6, 6.07) is 16.0. The highest BCUT2D eigenvalue weighted by atomic mass is 16.8. The van der Waals surface area contributed by atoms with Gasteiger partial charge in [0.1, 0.15) is 6.61 Å². The predicted molar refractivity (Wildman–Crippen MR) is 191 cm³/mol. The molecule has 2 saturated heterocycles. The summed E-state index contributed by atoms with van der Waals surface area (Å²) in [4.78, 5) is 34.5. The molecule has 2 fully saturated rings. The molecule has 2 aliphatic rings. The molecule has 0 saturated carbocycles. The van der Waals surface area contributed by atoms with Crippen LogP contribution in [-0.2, 0) is 33.4 Å². The number of carbonyl (C=O) groups is 2. The molecule has 2 aromatic rings. The Bertz CT molecular complexity index is 1320. The Labute approximate surface area is 292 Å². The van der Waals surface area contributed by atoms with E-state index in [2.05, 4.69) is 34.4 Å². The van der Waals surface area contributed by atoms with E-state index in [-0.39, 0.29) is 18.8 Å². The number of esters is 1. The third kappa shape index (κ3) is 15.2. The van der Waals surface area contributed by atoms with Crippen molar-refractivity contribution in [2.75, 3.05) is 77.8 Å². The second-order valence-corrected chi connectivity index (χ2v) is 12.2. The SMILES string of the molecule is COCCOCCOC(=O)/C=C/c1ccc(C#Cc2ccc(N3CCN(C(=O)CCCCCCCNOC4CCCCO4)CC3)cc2)cc1. The molecule has 266 valence electrons. The number of carbonyl (C=O) groups excluding carboxylic acids is 2. The van der Waals surface area contributed by atoms with E-state index >= 15 is 0 Å². The smallest absolute Gasteiger partial charge is 0.330 e. The van der Waals surface area contributed by atoms with Gasteiger partial charge in [-0.1, -0.05) is 43.2 Å². The maximum absolute atomic E-state index is 12.8. The number of ether oxygens (including phenoxy) is 4. The highest BCUT2D eigenvalue weighted by Gasteiger charge is 2.21. The van der Waals surface area contributed by atoms with Gasteiger partial charge in [0.25, 0.3) is 0 Å². The van der Waals surface area contributed by atoms with Crippen molar-refractivity contribution in [2.45, 2.75) is 64.1 Å². The Balaban J connectivity index is 1.06. The number of nitrogens with zero attached hydrogens (tertiary/aromatic N) is 2. The summed E-state index contributed by atoms with van der Waals surface area (Å²) in [5.74, 6) is 6.30. The first-order valence-corrected chi connectivity index (χ1v) is 17.8. The van der Waals surface area contributed by atoms with Gasteiger partial charge >= 0.3 is 5.97 Å². The van der Waals surface area contributed by atoms with Crippen molar-refractivity contribution in [3.63, 3.8) is 0 Å². The zero-order valence-electron chi connectivity index (χ0n) is 29.0. The minimum atomic E-state index is -0.410. The van der Waals surface area contributed by atoms with E-state index in [0.29, 0.717) is 26.2 Å². The molecule has 2 heterocycles. The summed E-state index contributed by atoms with van der Waals surface area (Å²) in [6.45, 7) is 6.34. The number of hydroxylamine groups is 1. The van der Waals surface area contributed by atoms with Gasteiger partial charge in [0.15, 0.2) is 6.29 Å². The van der Waals surface area contributed by atoms with Crippen LogP contribution in [0.5, 0.6) is 0 Å². The zero-order chi connectivity index (χ0) is 34.4. The lowest BCUT2D eigenvalue weighted by Crippen LogP contribution is -2.48. The monoisotopic (exact) mass is 675 g/mol. The highest BCUT2D eigenvalue weighted by molar-refractivity contribution is 5.87. The van der Waals surface area contributed by atoms with Crippen molar-refractivity contribution in [2.24, 2.45) is 0 Å². The number of anilines is 1. The van der Waals surface area contributed by atoms with Gasteiger partial charge < -0.3 is 28.7 Å². The number of methoxy groups -OCH3 is 1. The Morgan fingerprint density at radius 2 is 1.55 bits per heavy atom. The van der Waals surface area contributed by atoms with Crippen LogP contribution < -0.4 is 10.4 Å². The second kappa shape index (κ2) is 22.8. The molecule has 1 atom stereocenters. The third-order valence-electron chi connectivity index (χ3n) is 8.46. The van der Waals surface area contributed by atoms with Gasteiger partial charge in [-0.25, -0.2) is 4.79 Å². The number of benzene rings is 2. The molecule has 1 amide bonds. The molecule has 2 aromatic carbocycles. The molecular weight excluding hydrogens is 622 g/mol. The van der Waals surface area contributed by atoms with Crippen LogP contribution in [0.15, 0.2) is 54.6 Å². The average Bonchev–Trinajstić information content (AvgIpc) is 3.15. The van der Waals surface area contributed by atoms with E-state index in [1.165, 1.54) is 12.5 Å². The second-order valence-electron chi connectivity index (χ2n) is 12.2. The van der Waals surface area contributed by atoms with Crippen LogP contribution in [0.3, 0.4) is 0 Å². The van der Waals surface area contributed by atoms with Crippen LogP contribution in [0, 0.1) is 11.8 Å². The van der Waals surface area contributed by atoms with Crippen molar-refractivity contribution in [1.82, 2.24) is 10.4 Å². The van der Waals surface area contributed by atoms with Gasteiger partial charge in [-0.3, -0.25) is 9.63 Å². The molecular formula is C39H53N3O7. The first-order chi connectivity index (χ1) is 24.1. The van der Waals surface area contributed by atoms with Crippen molar-refractivity contribution in [1.29, 1.82) is 0 Å². The normalized spacial score (nSPS) is 16.4. The number of rotatable bonds is 19. The highest BCUT2D eigenvalue weighted by Crippen LogP contribution is 2.18. The zero-order valence-corrected chi connectivity index (χ0v) is 29.0. The minimum Gasteiger partial charge on any atom is -0.460 e. The average molecular weight is 676 g/mol. The molecule has 10 heteroatoms. The van der Waals surface area contributed by atoms with Crippen LogP contribution in [0.1, 0.15) is 74.5 Å². The van der Waals surface area contributed by atoms with Gasteiger partial charge in [-0.15, -0.1) is 0 Å². The molecule has 1 N–H and O–H groups in total. The maximum atomic E-state index is 12.8. The number of amides is 1. The molecule has 0 radical (unpaired) electrons. The summed E-state index contributed by atoms with van der Waals surface area (Å²) in [5.41, 5.74) is 6.91. The van der Waals surface area contributed by atoms with Crippen LogP contribution in [0.25, 0.3) is 6.08 Å². The van der Waals surface area contributed by atoms with E-state index in [0.717, 1.165) is 107 Å². The molecule has 0 spiro atoms. The minimum absolute atomic E-state index is 0.0928. The van der Waals surface area contributed by atoms with Crippen LogP contribution in [0.4, 0.5) is 5.69 Å². The third-order valence-corrected chi connectivity index (χ3v) is 8.46. The topological polar surface area (TPSA) is 98.8 Å². The lowest BCUT2D eigenvalue weighted by Gasteiger charge is -2.36. The van der Waals surface area contributed by atoms with Gasteiger partial charge in [0.05, 0.1) is 19.8 Å². The van der Waals surface area contributed by atoms with Crippen molar-refractivity contribution in [3.05, 3.63) is 71.3 Å². The molecule has 0 aromatic heterocycles. The number of piperazine rings is 1. The summed E-state index contributed by atoms with van der Waals surface area (Å²) in [7, 11) is 1.61. The Hall–Kier alpha value is -3.72. The summed E-state index contributed by atoms with van der Waals surface area (Å²) in [5, 5.41) is 0. The molecule has 49 heavy (non-hydrogen) atoms. The van der Waals surface area contributed by atoms with E-state index < -0.39 is 5.97 Å². The van der Waals surface area contributed by atoms with E-state index in [4.69, 9.17) is 23.8 Å². The molecule has 0 bridgehead atoms. The van der Waals surface area contributed by atoms with Gasteiger partial charge in [0, 0.05) is 82.2 Å². The fourth-order valence-electron chi connectivity index (χ4n) is 5.57. The predicted octanol–water partition coefficient (Wildman–Crippen LogP) is 5.34. The first-order valence-electron chi connectivity index (χ1n) is 17.8. The van der Waals surface area contributed by atoms with Crippen LogP contribution in [-0.4, -0.2) is 95.9 Å². The van der Waals surface area contributed by atoms with Gasteiger partial charge in [-0.05, 0) is 73.7 Å². The summed E-state index contributed by atoms with van der Waals surface area (Å²) < 4.78 is 20.8.